The second-order valence-electron chi connectivity index (χ2n) is 3.88. The van der Waals surface area contributed by atoms with Crippen LogP contribution in [-0.2, 0) is 0 Å². The average molecular weight is 343 g/mol. The molecule has 4 N–H and O–H groups in total. The third-order valence-corrected chi connectivity index (χ3v) is 2.75. The summed E-state index contributed by atoms with van der Waals surface area (Å²) >= 11 is 3.47. The maximum atomic E-state index is 5.68. The normalized spacial score (nSPS) is 10.6. The summed E-state index contributed by atoms with van der Waals surface area (Å²) in [6.07, 6.45) is 2.46. The van der Waals surface area contributed by atoms with Gasteiger partial charge in [-0.3, -0.25) is 0 Å². The second kappa shape index (κ2) is 8.42. The standard InChI is InChI=1S/C13H19BrN4O2/c1-3-5-20-12-10(14)6-9(7-11(12)19-4-2)8-17-18-13(15)16/h6-8H,3-5H2,1-2H3,(H4,15,16,18)/b17-8-. The van der Waals surface area contributed by atoms with Gasteiger partial charge < -0.3 is 20.9 Å². The Hall–Kier alpha value is -1.76. The van der Waals surface area contributed by atoms with Crippen molar-refractivity contribution in [3.8, 4) is 11.5 Å². The van der Waals surface area contributed by atoms with E-state index in [1.807, 2.05) is 26.0 Å². The zero-order valence-corrected chi connectivity index (χ0v) is 13.2. The van der Waals surface area contributed by atoms with Gasteiger partial charge in [-0.25, -0.2) is 0 Å². The first-order valence-electron chi connectivity index (χ1n) is 6.29. The van der Waals surface area contributed by atoms with Crippen LogP contribution in [0.1, 0.15) is 25.8 Å². The maximum Gasteiger partial charge on any atom is 0.211 e. The van der Waals surface area contributed by atoms with Gasteiger partial charge in [0.15, 0.2) is 11.5 Å². The molecule has 0 bridgehead atoms. The van der Waals surface area contributed by atoms with Gasteiger partial charge in [-0.05, 0) is 47.0 Å². The van der Waals surface area contributed by atoms with Crippen molar-refractivity contribution in [1.82, 2.24) is 0 Å². The van der Waals surface area contributed by atoms with Crippen molar-refractivity contribution in [3.63, 3.8) is 0 Å². The minimum absolute atomic E-state index is 0.0896. The number of hydrogen-bond donors (Lipinski definition) is 2. The predicted molar refractivity (Wildman–Crippen MR) is 84.5 cm³/mol. The molecule has 0 saturated heterocycles. The van der Waals surface area contributed by atoms with Crippen LogP contribution >= 0.6 is 15.9 Å². The molecule has 0 unspecified atom stereocenters. The SMILES string of the molecule is CCCOc1c(Br)cc(/C=N\N=C(N)N)cc1OCC. The lowest BCUT2D eigenvalue weighted by atomic mass is 10.2. The van der Waals surface area contributed by atoms with E-state index in [2.05, 4.69) is 26.1 Å². The molecule has 1 aromatic rings. The molecule has 0 spiro atoms. The van der Waals surface area contributed by atoms with Gasteiger partial charge in [0.25, 0.3) is 0 Å². The molecular weight excluding hydrogens is 324 g/mol. The first-order valence-corrected chi connectivity index (χ1v) is 7.08. The van der Waals surface area contributed by atoms with Crippen molar-refractivity contribution in [2.45, 2.75) is 20.3 Å². The number of nitrogens with two attached hydrogens (primary N) is 2. The van der Waals surface area contributed by atoms with Crippen LogP contribution in [0, 0.1) is 0 Å². The summed E-state index contributed by atoms with van der Waals surface area (Å²) in [6, 6.07) is 3.68. The molecule has 0 heterocycles. The van der Waals surface area contributed by atoms with E-state index in [0.29, 0.717) is 24.7 Å². The Labute approximate surface area is 127 Å². The number of benzene rings is 1. The predicted octanol–water partition coefficient (Wildman–Crippen LogP) is 2.24. The van der Waals surface area contributed by atoms with E-state index in [1.165, 1.54) is 6.21 Å². The van der Waals surface area contributed by atoms with Crippen molar-refractivity contribution in [1.29, 1.82) is 0 Å². The van der Waals surface area contributed by atoms with E-state index in [9.17, 15) is 0 Å². The topological polar surface area (TPSA) is 95.2 Å². The van der Waals surface area contributed by atoms with Crippen LogP contribution in [0.15, 0.2) is 26.8 Å². The van der Waals surface area contributed by atoms with Crippen LogP contribution in [0.25, 0.3) is 0 Å². The molecule has 6 nitrogen and oxygen atoms in total. The number of ether oxygens (including phenoxy) is 2. The highest BCUT2D eigenvalue weighted by atomic mass is 79.9. The van der Waals surface area contributed by atoms with Crippen molar-refractivity contribution >= 4 is 28.1 Å². The monoisotopic (exact) mass is 342 g/mol. The van der Waals surface area contributed by atoms with E-state index in [0.717, 1.165) is 16.5 Å². The van der Waals surface area contributed by atoms with Crippen molar-refractivity contribution in [3.05, 3.63) is 22.2 Å². The molecule has 0 saturated carbocycles. The zero-order chi connectivity index (χ0) is 15.0. The summed E-state index contributed by atoms with van der Waals surface area (Å²) in [6.45, 7) is 5.13. The summed E-state index contributed by atoms with van der Waals surface area (Å²) in [5, 5.41) is 7.32. The Kier molecular flexibility index (Phi) is 6.86. The summed E-state index contributed by atoms with van der Waals surface area (Å²) < 4.78 is 12.1. The lowest BCUT2D eigenvalue weighted by Gasteiger charge is -2.13. The highest BCUT2D eigenvalue weighted by Gasteiger charge is 2.11. The van der Waals surface area contributed by atoms with Crippen LogP contribution in [0.5, 0.6) is 11.5 Å². The molecule has 110 valence electrons. The summed E-state index contributed by atoms with van der Waals surface area (Å²) in [4.78, 5) is 0. The maximum absolute atomic E-state index is 5.68. The molecule has 0 aliphatic heterocycles. The molecule has 20 heavy (non-hydrogen) atoms. The van der Waals surface area contributed by atoms with E-state index >= 15 is 0 Å². The third-order valence-electron chi connectivity index (χ3n) is 2.16. The average Bonchev–Trinajstić information content (AvgIpc) is 2.38. The third kappa shape index (κ3) is 5.08. The van der Waals surface area contributed by atoms with Crippen molar-refractivity contribution in [2.24, 2.45) is 21.7 Å². The summed E-state index contributed by atoms with van der Waals surface area (Å²) in [7, 11) is 0. The van der Waals surface area contributed by atoms with E-state index in [4.69, 9.17) is 20.9 Å². The van der Waals surface area contributed by atoms with Crippen LogP contribution in [0.4, 0.5) is 0 Å². The fraction of sp³-hybridized carbons (Fsp3) is 0.385. The lowest BCUT2D eigenvalue weighted by Crippen LogP contribution is -2.21. The Bertz CT molecular complexity index is 499. The van der Waals surface area contributed by atoms with Gasteiger partial charge in [0.05, 0.1) is 23.9 Å². The molecule has 0 atom stereocenters. The van der Waals surface area contributed by atoms with Crippen molar-refractivity contribution < 1.29 is 9.47 Å². The molecule has 7 heteroatoms. The van der Waals surface area contributed by atoms with Gasteiger partial charge in [-0.15, -0.1) is 5.10 Å². The Morgan fingerprint density at radius 3 is 2.65 bits per heavy atom. The van der Waals surface area contributed by atoms with Gasteiger partial charge in [-0.2, -0.15) is 5.10 Å². The molecule has 1 rings (SSSR count). The largest absolute Gasteiger partial charge is 0.490 e. The number of hydrogen-bond acceptors (Lipinski definition) is 4. The molecular formula is C13H19BrN4O2. The highest BCUT2D eigenvalue weighted by Crippen LogP contribution is 2.36. The Balaban J connectivity index is 3.05. The minimum atomic E-state index is -0.0896. The van der Waals surface area contributed by atoms with Crippen LogP contribution < -0.4 is 20.9 Å². The summed E-state index contributed by atoms with van der Waals surface area (Å²) in [5.41, 5.74) is 11.2. The van der Waals surface area contributed by atoms with Gasteiger partial charge in [-0.1, -0.05) is 6.92 Å². The van der Waals surface area contributed by atoms with Crippen LogP contribution in [0.3, 0.4) is 0 Å². The Morgan fingerprint density at radius 1 is 1.30 bits per heavy atom. The smallest absolute Gasteiger partial charge is 0.211 e. The second-order valence-corrected chi connectivity index (χ2v) is 4.74. The number of rotatable bonds is 7. The van der Waals surface area contributed by atoms with Gasteiger partial charge in [0.1, 0.15) is 0 Å². The quantitative estimate of drug-likeness (QED) is 0.451. The Morgan fingerprint density at radius 2 is 2.05 bits per heavy atom. The minimum Gasteiger partial charge on any atom is -0.490 e. The van der Waals surface area contributed by atoms with Gasteiger partial charge in [0.2, 0.25) is 5.96 Å². The molecule has 0 amide bonds. The van der Waals surface area contributed by atoms with E-state index in [-0.39, 0.29) is 5.96 Å². The number of nitrogens with zero attached hydrogens (tertiary/aromatic N) is 2. The molecule has 0 aliphatic carbocycles. The van der Waals surface area contributed by atoms with E-state index in [1.54, 1.807) is 0 Å². The molecule has 0 aromatic heterocycles. The highest BCUT2D eigenvalue weighted by molar-refractivity contribution is 9.10. The first kappa shape index (κ1) is 16.3. The number of halogens is 1. The molecule has 0 fully saturated rings. The molecule has 1 aromatic carbocycles. The lowest BCUT2D eigenvalue weighted by molar-refractivity contribution is 0.275. The fourth-order valence-corrected chi connectivity index (χ4v) is 2.01. The summed E-state index contributed by atoms with van der Waals surface area (Å²) in [5.74, 6) is 1.25. The molecule has 0 aliphatic rings. The van der Waals surface area contributed by atoms with Crippen LogP contribution in [-0.4, -0.2) is 25.4 Å². The van der Waals surface area contributed by atoms with Gasteiger partial charge >= 0.3 is 0 Å². The zero-order valence-electron chi connectivity index (χ0n) is 11.6. The molecule has 0 radical (unpaired) electrons. The van der Waals surface area contributed by atoms with Crippen molar-refractivity contribution in [2.75, 3.05) is 13.2 Å². The number of guanidine groups is 1. The fourth-order valence-electron chi connectivity index (χ4n) is 1.43. The van der Waals surface area contributed by atoms with E-state index < -0.39 is 0 Å². The first-order chi connectivity index (χ1) is 9.58. The van der Waals surface area contributed by atoms with Gasteiger partial charge in [0, 0.05) is 0 Å². The van der Waals surface area contributed by atoms with Crippen LogP contribution in [0.2, 0.25) is 0 Å².